The van der Waals surface area contributed by atoms with Gasteiger partial charge in [0.05, 0.1) is 11.9 Å². The van der Waals surface area contributed by atoms with Gasteiger partial charge in [-0.25, -0.2) is 14.7 Å². The van der Waals surface area contributed by atoms with E-state index in [0.29, 0.717) is 6.54 Å². The molecule has 0 spiro atoms. The molecule has 0 aliphatic rings. The molecule has 2 aromatic heterocycles. The maximum absolute atomic E-state index is 12.6. The van der Waals surface area contributed by atoms with Gasteiger partial charge in [0.25, 0.3) is 0 Å². The third-order valence-corrected chi connectivity index (χ3v) is 3.25. The summed E-state index contributed by atoms with van der Waals surface area (Å²) < 4.78 is 1.83. The van der Waals surface area contributed by atoms with Crippen LogP contribution in [0.3, 0.4) is 0 Å². The number of pyridine rings is 1. The Bertz CT molecular complexity index is 625. The third-order valence-electron chi connectivity index (χ3n) is 3.25. The number of rotatable bonds is 3. The van der Waals surface area contributed by atoms with Crippen LogP contribution < -0.4 is 5.01 Å². The summed E-state index contributed by atoms with van der Waals surface area (Å²) in [7, 11) is 0. The fourth-order valence-corrected chi connectivity index (χ4v) is 2.14. The van der Waals surface area contributed by atoms with Crippen LogP contribution >= 0.6 is 0 Å². The van der Waals surface area contributed by atoms with Gasteiger partial charge in [0, 0.05) is 29.9 Å². The lowest BCUT2D eigenvalue weighted by Crippen LogP contribution is -2.46. The Morgan fingerprint density at radius 1 is 1.38 bits per heavy atom. The summed E-state index contributed by atoms with van der Waals surface area (Å²) in [6, 6.07) is 3.84. The van der Waals surface area contributed by atoms with E-state index in [1.165, 1.54) is 0 Å². The van der Waals surface area contributed by atoms with Crippen LogP contribution in [0.4, 0.5) is 0 Å². The second-order valence-electron chi connectivity index (χ2n) is 6.03. The maximum Gasteiger partial charge on any atom is 0.246 e. The average Bonchev–Trinajstić information content (AvgIpc) is 2.82. The summed E-state index contributed by atoms with van der Waals surface area (Å²) in [6.07, 6.45) is 5.39. The Balaban J connectivity index is 2.40. The number of hydrogen-bond donors (Lipinski definition) is 0. The second-order valence-corrected chi connectivity index (χ2v) is 6.03. The lowest BCUT2D eigenvalue weighted by molar-refractivity contribution is -0.127. The molecule has 1 amide bonds. The van der Waals surface area contributed by atoms with Gasteiger partial charge in [-0.1, -0.05) is 20.8 Å². The van der Waals surface area contributed by atoms with E-state index in [1.807, 2.05) is 57.6 Å². The van der Waals surface area contributed by atoms with Crippen molar-refractivity contribution in [2.24, 2.45) is 5.41 Å². The molecule has 0 saturated heterocycles. The number of aryl methyl sites for hydroxylation is 1. The molecule has 0 aliphatic carbocycles. The molecule has 5 nitrogen and oxygen atoms in total. The van der Waals surface area contributed by atoms with Crippen molar-refractivity contribution < 1.29 is 4.79 Å². The van der Waals surface area contributed by atoms with E-state index in [9.17, 15) is 4.79 Å². The van der Waals surface area contributed by atoms with Crippen LogP contribution in [0.2, 0.25) is 0 Å². The fraction of sp³-hybridized carbons (Fsp3) is 0.438. The number of amides is 1. The minimum absolute atomic E-state index is 0.0724. The normalized spacial score (nSPS) is 11.5. The molecule has 0 N–H and O–H groups in total. The molecule has 2 aromatic rings. The van der Waals surface area contributed by atoms with Crippen LogP contribution in [0.15, 0.2) is 30.7 Å². The van der Waals surface area contributed by atoms with Gasteiger partial charge in [-0.2, -0.15) is 0 Å². The molecular weight excluding hydrogens is 264 g/mol. The molecule has 0 fully saturated rings. The van der Waals surface area contributed by atoms with Gasteiger partial charge in [0.2, 0.25) is 5.91 Å². The maximum atomic E-state index is 12.6. The predicted molar refractivity (Wildman–Crippen MR) is 83.4 cm³/mol. The van der Waals surface area contributed by atoms with Gasteiger partial charge < -0.3 is 0 Å². The molecule has 0 aromatic carbocycles. The first-order valence-electron chi connectivity index (χ1n) is 7.13. The average molecular weight is 286 g/mol. The zero-order chi connectivity index (χ0) is 15.6. The summed E-state index contributed by atoms with van der Waals surface area (Å²) in [6.45, 7) is 10.2. The Hall–Kier alpha value is -2.17. The minimum atomic E-state index is -0.429. The minimum Gasteiger partial charge on any atom is -0.272 e. The van der Waals surface area contributed by atoms with E-state index in [0.717, 1.165) is 17.1 Å². The highest BCUT2D eigenvalue weighted by Crippen LogP contribution is 2.21. The van der Waals surface area contributed by atoms with E-state index in [2.05, 4.69) is 9.97 Å². The lowest BCUT2D eigenvalue weighted by Gasteiger charge is -2.29. The Morgan fingerprint density at radius 2 is 2.10 bits per heavy atom. The van der Waals surface area contributed by atoms with Crippen molar-refractivity contribution in [3.63, 3.8) is 0 Å². The number of aromatic nitrogens is 3. The number of carbonyl (C=O) groups excluding carboxylic acids is 1. The zero-order valence-electron chi connectivity index (χ0n) is 13.3. The van der Waals surface area contributed by atoms with Crippen LogP contribution in [-0.4, -0.2) is 27.1 Å². The number of nitrogens with zero attached hydrogens (tertiary/aromatic N) is 4. The fourth-order valence-electron chi connectivity index (χ4n) is 2.14. The first-order chi connectivity index (χ1) is 9.84. The topological polar surface area (TPSA) is 51.0 Å². The highest BCUT2D eigenvalue weighted by Gasteiger charge is 2.28. The van der Waals surface area contributed by atoms with Crippen molar-refractivity contribution in [2.45, 2.75) is 34.6 Å². The van der Waals surface area contributed by atoms with Gasteiger partial charge in [0.1, 0.15) is 5.82 Å². The summed E-state index contributed by atoms with van der Waals surface area (Å²) >= 11 is 0. The lowest BCUT2D eigenvalue weighted by atomic mass is 9.95. The quantitative estimate of drug-likeness (QED) is 0.871. The summed E-state index contributed by atoms with van der Waals surface area (Å²) in [5, 5.41) is 1.72. The summed E-state index contributed by atoms with van der Waals surface area (Å²) in [4.78, 5) is 21.2. The monoisotopic (exact) mass is 286 g/mol. The molecule has 0 unspecified atom stereocenters. The number of imidazole rings is 1. The van der Waals surface area contributed by atoms with E-state index in [4.69, 9.17) is 0 Å². The van der Waals surface area contributed by atoms with E-state index < -0.39 is 5.41 Å². The predicted octanol–water partition coefficient (Wildman–Crippen LogP) is 2.78. The van der Waals surface area contributed by atoms with E-state index in [-0.39, 0.29) is 5.91 Å². The molecule has 0 radical (unpaired) electrons. The van der Waals surface area contributed by atoms with Gasteiger partial charge in [-0.05, 0) is 26.0 Å². The SMILES string of the molecule is CCN(C(=O)C(C)(C)C)n1cc(-c2cccnc2)nc1C. The van der Waals surface area contributed by atoms with Gasteiger partial charge in [-0.3, -0.25) is 9.78 Å². The van der Waals surface area contributed by atoms with Crippen molar-refractivity contribution in [3.05, 3.63) is 36.5 Å². The summed E-state index contributed by atoms with van der Waals surface area (Å²) in [5.74, 6) is 0.858. The molecule has 0 atom stereocenters. The first kappa shape index (κ1) is 15.2. The van der Waals surface area contributed by atoms with E-state index in [1.54, 1.807) is 17.4 Å². The van der Waals surface area contributed by atoms with Gasteiger partial charge in [0.15, 0.2) is 0 Å². The number of carbonyl (C=O) groups is 1. The van der Waals surface area contributed by atoms with Crippen molar-refractivity contribution >= 4 is 5.91 Å². The van der Waals surface area contributed by atoms with E-state index >= 15 is 0 Å². The molecule has 0 aliphatic heterocycles. The Morgan fingerprint density at radius 3 is 2.62 bits per heavy atom. The molecule has 5 heteroatoms. The van der Waals surface area contributed by atoms with Gasteiger partial charge >= 0.3 is 0 Å². The van der Waals surface area contributed by atoms with Crippen molar-refractivity contribution in [2.75, 3.05) is 11.6 Å². The van der Waals surface area contributed by atoms with Gasteiger partial charge in [-0.15, -0.1) is 0 Å². The van der Waals surface area contributed by atoms with Crippen molar-refractivity contribution in [1.29, 1.82) is 0 Å². The third kappa shape index (κ3) is 3.12. The highest BCUT2D eigenvalue weighted by molar-refractivity contribution is 5.90. The van der Waals surface area contributed by atoms with Crippen molar-refractivity contribution in [1.82, 2.24) is 14.6 Å². The second kappa shape index (κ2) is 5.68. The zero-order valence-corrected chi connectivity index (χ0v) is 13.3. The molecule has 0 bridgehead atoms. The first-order valence-corrected chi connectivity index (χ1v) is 7.13. The molecule has 21 heavy (non-hydrogen) atoms. The molecule has 2 rings (SSSR count). The van der Waals surface area contributed by atoms with Crippen LogP contribution in [0.5, 0.6) is 0 Å². The molecular formula is C16H22N4O. The summed E-state index contributed by atoms with van der Waals surface area (Å²) in [5.41, 5.74) is 1.33. The van der Waals surface area contributed by atoms with Crippen LogP contribution in [0.25, 0.3) is 11.3 Å². The van der Waals surface area contributed by atoms with Crippen LogP contribution in [0, 0.1) is 12.3 Å². The van der Waals surface area contributed by atoms with Crippen LogP contribution in [0.1, 0.15) is 33.5 Å². The molecule has 2 heterocycles. The van der Waals surface area contributed by atoms with Crippen molar-refractivity contribution in [3.8, 4) is 11.3 Å². The molecule has 0 saturated carbocycles. The Labute approximate surface area is 125 Å². The Kier molecular flexibility index (Phi) is 4.11. The number of hydrogen-bond acceptors (Lipinski definition) is 3. The van der Waals surface area contributed by atoms with Crippen LogP contribution in [-0.2, 0) is 4.79 Å². The smallest absolute Gasteiger partial charge is 0.246 e. The highest BCUT2D eigenvalue weighted by atomic mass is 16.2. The largest absolute Gasteiger partial charge is 0.272 e. The molecule has 112 valence electrons. The standard InChI is InChI=1S/C16H22N4O/c1-6-19(15(21)16(3,4)5)20-11-14(18-12(20)2)13-8-7-9-17-10-13/h7-11H,6H2,1-5H3.